The molecule has 0 aromatic carbocycles. The molecule has 5 heterocycles. The number of aryl methyl sites for hydroxylation is 2. The maximum Gasteiger partial charge on any atom is 0.230 e. The Hall–Kier alpha value is -3.62. The van der Waals surface area contributed by atoms with E-state index in [4.69, 9.17) is 9.72 Å². The Bertz CT molecular complexity index is 1280. The van der Waals surface area contributed by atoms with E-state index in [2.05, 4.69) is 21.4 Å². The molecule has 182 valence electrons. The zero-order chi connectivity index (χ0) is 24.7. The van der Waals surface area contributed by atoms with Gasteiger partial charge in [-0.05, 0) is 56.9 Å². The minimum Gasteiger partial charge on any atom is -0.481 e. The van der Waals surface area contributed by atoms with Crippen molar-refractivity contribution >= 4 is 11.7 Å². The van der Waals surface area contributed by atoms with Crippen molar-refractivity contribution in [2.24, 2.45) is 0 Å². The van der Waals surface area contributed by atoms with E-state index in [-0.39, 0.29) is 28.7 Å². The maximum atomic E-state index is 14.4. The van der Waals surface area contributed by atoms with Crippen molar-refractivity contribution in [3.63, 3.8) is 0 Å². The van der Waals surface area contributed by atoms with E-state index in [0.717, 1.165) is 48.1 Å². The molecule has 1 amide bonds. The summed E-state index contributed by atoms with van der Waals surface area (Å²) in [6, 6.07) is 6.61. The highest BCUT2D eigenvalue weighted by Crippen LogP contribution is 2.39. The molecule has 35 heavy (non-hydrogen) atoms. The van der Waals surface area contributed by atoms with Crippen LogP contribution in [0.3, 0.4) is 0 Å². The van der Waals surface area contributed by atoms with Gasteiger partial charge in [0.25, 0.3) is 0 Å². The molecule has 1 spiro atoms. The van der Waals surface area contributed by atoms with Gasteiger partial charge in [-0.3, -0.25) is 9.78 Å². The predicted molar refractivity (Wildman–Crippen MR) is 127 cm³/mol. The molecule has 7 nitrogen and oxygen atoms in total. The number of pyridine rings is 3. The summed E-state index contributed by atoms with van der Waals surface area (Å²) in [6.07, 6.45) is 4.73. The summed E-state index contributed by atoms with van der Waals surface area (Å²) in [5.74, 6) is -0.571. The molecule has 2 aliphatic heterocycles. The van der Waals surface area contributed by atoms with E-state index < -0.39 is 11.7 Å². The summed E-state index contributed by atoms with van der Waals surface area (Å²) in [5.41, 5.74) is 3.45. The summed E-state index contributed by atoms with van der Waals surface area (Å²) < 4.78 is 32.8. The van der Waals surface area contributed by atoms with Crippen molar-refractivity contribution in [3.8, 4) is 17.1 Å². The molecular weight excluding hydrogens is 452 g/mol. The Balaban J connectivity index is 1.33. The number of carbonyl (C=O) groups excluding carboxylic acids is 1. The molecule has 9 heteroatoms. The van der Waals surface area contributed by atoms with Crippen LogP contribution in [0.15, 0.2) is 36.7 Å². The number of likely N-dealkylation sites (tertiary alicyclic amines) is 1. The Morgan fingerprint density at radius 2 is 2.03 bits per heavy atom. The van der Waals surface area contributed by atoms with Crippen LogP contribution in [0.4, 0.5) is 14.6 Å². The van der Waals surface area contributed by atoms with Gasteiger partial charge < -0.3 is 15.0 Å². The lowest BCUT2D eigenvalue weighted by Gasteiger charge is -2.36. The fourth-order valence-corrected chi connectivity index (χ4v) is 5.08. The lowest BCUT2D eigenvalue weighted by atomic mass is 9.86. The van der Waals surface area contributed by atoms with E-state index >= 15 is 0 Å². The van der Waals surface area contributed by atoms with Gasteiger partial charge in [0, 0.05) is 36.0 Å². The van der Waals surface area contributed by atoms with Crippen LogP contribution in [0.5, 0.6) is 5.88 Å². The number of methoxy groups -OCH3 is 1. The van der Waals surface area contributed by atoms with Gasteiger partial charge in [-0.2, -0.15) is 0 Å². The lowest BCUT2D eigenvalue weighted by molar-refractivity contribution is -0.131. The van der Waals surface area contributed by atoms with Gasteiger partial charge in [0.1, 0.15) is 17.5 Å². The average molecular weight is 480 g/mol. The van der Waals surface area contributed by atoms with Gasteiger partial charge in [-0.25, -0.2) is 18.7 Å². The van der Waals surface area contributed by atoms with E-state index in [1.165, 1.54) is 25.4 Å². The standard InChI is InChI=1S/C26H27F2N5O2/c1-15(19-11-23(35-3)30-13-21(19)28)25(34)33-9-8-26(14-33)7-6-17-10-20(16(2)31-24(17)32-26)22-5-4-18(27)12-29-22/h4-5,10-13,15H,6-9,14H2,1-3H3,(H,31,32)/t15-,26+/m1/s1. The van der Waals surface area contributed by atoms with Crippen LogP contribution in [-0.2, 0) is 11.2 Å². The first-order valence-electron chi connectivity index (χ1n) is 11.7. The molecule has 3 aromatic rings. The first kappa shape index (κ1) is 23.1. The Morgan fingerprint density at radius 1 is 1.20 bits per heavy atom. The minimum absolute atomic E-state index is 0.122. The smallest absolute Gasteiger partial charge is 0.230 e. The molecule has 0 bridgehead atoms. The second-order valence-corrected chi connectivity index (χ2v) is 9.38. The van der Waals surface area contributed by atoms with E-state index in [1.807, 2.05) is 6.92 Å². The first-order valence-corrected chi connectivity index (χ1v) is 11.7. The SMILES string of the molecule is COc1cc([C@@H](C)C(=O)N2CC[C@@]3(CCc4cc(-c5ccc(F)cn5)c(C)nc4N3)C2)c(F)cn1. The number of aromatic nitrogens is 3. The number of fused-ring (bicyclic) bond motifs is 1. The van der Waals surface area contributed by atoms with E-state index in [0.29, 0.717) is 18.8 Å². The van der Waals surface area contributed by atoms with Crippen molar-refractivity contribution in [1.29, 1.82) is 0 Å². The molecule has 1 fully saturated rings. The summed E-state index contributed by atoms with van der Waals surface area (Å²) in [4.78, 5) is 27.9. The number of amides is 1. The first-order chi connectivity index (χ1) is 16.8. The number of nitrogens with zero attached hydrogens (tertiary/aromatic N) is 4. The highest BCUT2D eigenvalue weighted by atomic mass is 19.1. The molecule has 1 saturated heterocycles. The van der Waals surface area contributed by atoms with Crippen LogP contribution < -0.4 is 10.1 Å². The minimum atomic E-state index is -0.649. The third-order valence-electron chi connectivity index (χ3n) is 7.12. The largest absolute Gasteiger partial charge is 0.481 e. The quantitative estimate of drug-likeness (QED) is 0.602. The number of anilines is 1. The molecular formula is C26H27F2N5O2. The molecule has 1 N–H and O–H groups in total. The predicted octanol–water partition coefficient (Wildman–Crippen LogP) is 4.27. The van der Waals surface area contributed by atoms with Crippen LogP contribution in [0, 0.1) is 18.6 Å². The van der Waals surface area contributed by atoms with Crippen molar-refractivity contribution in [2.75, 3.05) is 25.5 Å². The van der Waals surface area contributed by atoms with Crippen LogP contribution in [0.2, 0.25) is 0 Å². The zero-order valence-electron chi connectivity index (χ0n) is 19.9. The van der Waals surface area contributed by atoms with Crippen LogP contribution in [0.1, 0.15) is 42.5 Å². The molecule has 0 radical (unpaired) electrons. The Kier molecular flexibility index (Phi) is 5.86. The zero-order valence-corrected chi connectivity index (χ0v) is 19.9. The van der Waals surface area contributed by atoms with Crippen LogP contribution >= 0.6 is 0 Å². The topological polar surface area (TPSA) is 80.2 Å². The second-order valence-electron chi connectivity index (χ2n) is 9.38. The molecule has 0 aliphatic carbocycles. The third-order valence-corrected chi connectivity index (χ3v) is 7.12. The molecule has 3 aromatic heterocycles. The van der Waals surface area contributed by atoms with Gasteiger partial charge in [0.15, 0.2) is 0 Å². The summed E-state index contributed by atoms with van der Waals surface area (Å²) in [6.45, 7) is 4.74. The highest BCUT2D eigenvalue weighted by molar-refractivity contribution is 5.84. The number of halogens is 2. The van der Waals surface area contributed by atoms with Gasteiger partial charge in [0.2, 0.25) is 11.8 Å². The maximum absolute atomic E-state index is 14.4. The fraction of sp³-hybridized carbons (Fsp3) is 0.385. The van der Waals surface area contributed by atoms with E-state index in [1.54, 1.807) is 17.9 Å². The van der Waals surface area contributed by atoms with Gasteiger partial charge in [0.05, 0.1) is 36.7 Å². The summed E-state index contributed by atoms with van der Waals surface area (Å²) in [5, 5.41) is 3.60. The molecule has 2 aliphatic rings. The van der Waals surface area contributed by atoms with E-state index in [9.17, 15) is 13.6 Å². The fourth-order valence-electron chi connectivity index (χ4n) is 5.08. The molecule has 0 saturated carbocycles. The Labute approximate surface area is 202 Å². The normalized spacial score (nSPS) is 19.9. The molecule has 0 unspecified atom stereocenters. The highest BCUT2D eigenvalue weighted by Gasteiger charge is 2.43. The summed E-state index contributed by atoms with van der Waals surface area (Å²) >= 11 is 0. The number of hydrogen-bond donors (Lipinski definition) is 1. The van der Waals surface area contributed by atoms with Gasteiger partial charge >= 0.3 is 0 Å². The number of hydrogen-bond acceptors (Lipinski definition) is 6. The number of carbonyl (C=O) groups is 1. The van der Waals surface area contributed by atoms with Gasteiger partial charge in [-0.15, -0.1) is 0 Å². The van der Waals surface area contributed by atoms with Crippen molar-refractivity contribution in [1.82, 2.24) is 19.9 Å². The molecule has 5 rings (SSSR count). The van der Waals surface area contributed by atoms with Crippen molar-refractivity contribution in [3.05, 3.63) is 65.1 Å². The number of nitrogens with one attached hydrogen (secondary N) is 1. The molecule has 2 atom stereocenters. The summed E-state index contributed by atoms with van der Waals surface area (Å²) in [7, 11) is 1.46. The van der Waals surface area contributed by atoms with Crippen molar-refractivity contribution < 1.29 is 18.3 Å². The second kappa shape index (κ2) is 8.87. The van der Waals surface area contributed by atoms with Crippen LogP contribution in [-0.4, -0.2) is 51.5 Å². The Morgan fingerprint density at radius 3 is 2.77 bits per heavy atom. The third kappa shape index (κ3) is 4.31. The van der Waals surface area contributed by atoms with Crippen molar-refractivity contribution in [2.45, 2.75) is 44.6 Å². The monoisotopic (exact) mass is 479 g/mol. The average Bonchev–Trinajstić information content (AvgIpc) is 3.27. The number of rotatable bonds is 4. The number of ether oxygens (including phenoxy) is 1. The van der Waals surface area contributed by atoms with Crippen LogP contribution in [0.25, 0.3) is 11.3 Å². The van der Waals surface area contributed by atoms with Gasteiger partial charge in [-0.1, -0.05) is 0 Å². The lowest BCUT2D eigenvalue weighted by Crippen LogP contribution is -2.46.